The van der Waals surface area contributed by atoms with Crippen molar-refractivity contribution in [3.05, 3.63) is 50.2 Å². The maximum absolute atomic E-state index is 12.1. The number of anilines is 1. The molecule has 3 rings (SSSR count). The second-order valence-electron chi connectivity index (χ2n) is 6.28. The Balaban J connectivity index is 1.81. The van der Waals surface area contributed by atoms with E-state index in [4.69, 9.17) is 10.5 Å². The first kappa shape index (κ1) is 17.7. The lowest BCUT2D eigenvalue weighted by Crippen LogP contribution is -2.30. The van der Waals surface area contributed by atoms with E-state index in [1.807, 2.05) is 32.0 Å². The average Bonchev–Trinajstić information content (AvgIpc) is 2.91. The van der Waals surface area contributed by atoms with Crippen LogP contribution in [-0.4, -0.2) is 36.9 Å². The number of aliphatic hydroxyl groups excluding tert-OH is 1. The van der Waals surface area contributed by atoms with Crippen LogP contribution >= 0.6 is 0 Å². The number of hydrogen-bond donors (Lipinski definition) is 3. The lowest BCUT2D eigenvalue weighted by atomic mass is 10.1. The van der Waals surface area contributed by atoms with E-state index in [0.29, 0.717) is 5.75 Å². The maximum atomic E-state index is 12.1. The number of rotatable bonds is 5. The summed E-state index contributed by atoms with van der Waals surface area (Å²) in [6, 6.07) is 5.67. The molecule has 0 saturated carbocycles. The van der Waals surface area contributed by atoms with E-state index in [-0.39, 0.29) is 30.3 Å². The zero-order valence-electron chi connectivity index (χ0n) is 14.8. The average molecular weight is 359 g/mol. The van der Waals surface area contributed by atoms with Gasteiger partial charge in [-0.15, -0.1) is 0 Å². The molecule has 2 aromatic heterocycles. The van der Waals surface area contributed by atoms with E-state index in [1.165, 1.54) is 16.2 Å². The number of ether oxygens (including phenoxy) is 1. The van der Waals surface area contributed by atoms with Crippen molar-refractivity contribution in [3.63, 3.8) is 0 Å². The normalized spacial score (nSPS) is 12.5. The molecule has 0 aliphatic heterocycles. The first-order chi connectivity index (χ1) is 12.3. The summed E-state index contributed by atoms with van der Waals surface area (Å²) in [4.78, 5) is 30.0. The maximum Gasteiger partial charge on any atom is 0.329 e. The van der Waals surface area contributed by atoms with Gasteiger partial charge >= 0.3 is 5.69 Å². The van der Waals surface area contributed by atoms with Gasteiger partial charge in [0.15, 0.2) is 11.2 Å². The zero-order chi connectivity index (χ0) is 19.0. The standard InChI is InChI=1S/C17H21N5O4/c1-9-4-5-12(6-10(9)2)26-8-11(23)7-22-13-14(19-16(22)18)21(3)17(25)20-15(13)24/h4-6,11,23H,7-8H2,1-3H3,(H2,18,19)(H,20,24,25)/t11-/m0/s1. The second kappa shape index (κ2) is 6.68. The van der Waals surface area contributed by atoms with E-state index in [0.717, 1.165) is 11.1 Å². The molecule has 0 amide bonds. The number of nitrogens with two attached hydrogens (primary N) is 1. The molecule has 4 N–H and O–H groups in total. The summed E-state index contributed by atoms with van der Waals surface area (Å²) in [7, 11) is 1.48. The Labute approximate surface area is 148 Å². The molecule has 9 heteroatoms. The van der Waals surface area contributed by atoms with Crippen LogP contribution in [0.1, 0.15) is 11.1 Å². The predicted molar refractivity (Wildman–Crippen MR) is 97.4 cm³/mol. The van der Waals surface area contributed by atoms with Crippen LogP contribution in [-0.2, 0) is 13.6 Å². The number of hydrogen-bond acceptors (Lipinski definition) is 6. The van der Waals surface area contributed by atoms with Gasteiger partial charge in [0.05, 0.1) is 6.54 Å². The highest BCUT2D eigenvalue weighted by Gasteiger charge is 2.18. The number of H-pyrrole nitrogens is 1. The molecule has 2 heterocycles. The van der Waals surface area contributed by atoms with Crippen molar-refractivity contribution >= 4 is 17.1 Å². The predicted octanol–water partition coefficient (Wildman–Crippen LogP) is 0.0622. The Morgan fingerprint density at radius 1 is 1.31 bits per heavy atom. The van der Waals surface area contributed by atoms with Gasteiger partial charge in [0.2, 0.25) is 5.95 Å². The van der Waals surface area contributed by atoms with Crippen LogP contribution in [0.25, 0.3) is 11.2 Å². The number of imidazole rings is 1. The number of nitrogens with zero attached hydrogens (tertiary/aromatic N) is 3. The monoisotopic (exact) mass is 359 g/mol. The summed E-state index contributed by atoms with van der Waals surface area (Å²) >= 11 is 0. The van der Waals surface area contributed by atoms with E-state index < -0.39 is 17.4 Å². The van der Waals surface area contributed by atoms with Gasteiger partial charge in [-0.2, -0.15) is 4.98 Å². The zero-order valence-corrected chi connectivity index (χ0v) is 14.8. The molecular weight excluding hydrogens is 338 g/mol. The van der Waals surface area contributed by atoms with Crippen LogP contribution in [0.4, 0.5) is 5.95 Å². The largest absolute Gasteiger partial charge is 0.491 e. The van der Waals surface area contributed by atoms with Crippen molar-refractivity contribution in [3.8, 4) is 5.75 Å². The molecule has 0 spiro atoms. The number of aromatic nitrogens is 4. The highest BCUT2D eigenvalue weighted by Crippen LogP contribution is 2.17. The Morgan fingerprint density at radius 2 is 2.04 bits per heavy atom. The highest BCUT2D eigenvalue weighted by atomic mass is 16.5. The number of benzene rings is 1. The number of fused-ring (bicyclic) bond motifs is 1. The Morgan fingerprint density at radius 3 is 2.73 bits per heavy atom. The van der Waals surface area contributed by atoms with Gasteiger partial charge in [-0.1, -0.05) is 6.07 Å². The molecule has 0 fully saturated rings. The van der Waals surface area contributed by atoms with Crippen molar-refractivity contribution in [2.24, 2.45) is 7.05 Å². The molecule has 0 aliphatic carbocycles. The number of nitrogens with one attached hydrogen (secondary N) is 1. The summed E-state index contributed by atoms with van der Waals surface area (Å²) in [5, 5.41) is 10.3. The first-order valence-electron chi connectivity index (χ1n) is 8.11. The molecule has 0 saturated heterocycles. The van der Waals surface area contributed by atoms with Crippen molar-refractivity contribution < 1.29 is 9.84 Å². The summed E-state index contributed by atoms with van der Waals surface area (Å²) < 4.78 is 8.18. The first-order valence-corrected chi connectivity index (χ1v) is 8.11. The van der Waals surface area contributed by atoms with E-state index in [2.05, 4.69) is 9.97 Å². The molecule has 1 atom stereocenters. The van der Waals surface area contributed by atoms with E-state index in [1.54, 1.807) is 0 Å². The van der Waals surface area contributed by atoms with Gasteiger partial charge in [-0.05, 0) is 37.1 Å². The molecule has 0 bridgehead atoms. The van der Waals surface area contributed by atoms with Crippen LogP contribution in [0.15, 0.2) is 27.8 Å². The summed E-state index contributed by atoms with van der Waals surface area (Å²) in [5.74, 6) is 0.688. The van der Waals surface area contributed by atoms with E-state index in [9.17, 15) is 14.7 Å². The molecule has 0 radical (unpaired) electrons. The third-order valence-corrected chi connectivity index (χ3v) is 4.35. The molecule has 0 aliphatic rings. The molecule has 9 nitrogen and oxygen atoms in total. The van der Waals surface area contributed by atoms with Gasteiger partial charge in [0.1, 0.15) is 18.5 Å². The lowest BCUT2D eigenvalue weighted by molar-refractivity contribution is 0.0938. The fraction of sp³-hybridized carbons (Fsp3) is 0.353. The van der Waals surface area contributed by atoms with Crippen LogP contribution < -0.4 is 21.7 Å². The molecule has 1 aromatic carbocycles. The second-order valence-corrected chi connectivity index (χ2v) is 6.28. The minimum absolute atomic E-state index is 0.00839. The van der Waals surface area contributed by atoms with Crippen molar-refractivity contribution in [2.75, 3.05) is 12.3 Å². The summed E-state index contributed by atoms with van der Waals surface area (Å²) in [6.45, 7) is 4.01. The van der Waals surface area contributed by atoms with Gasteiger partial charge in [0.25, 0.3) is 5.56 Å². The van der Waals surface area contributed by atoms with Gasteiger partial charge in [-0.25, -0.2) is 4.79 Å². The minimum Gasteiger partial charge on any atom is -0.491 e. The number of aryl methyl sites for hydroxylation is 3. The van der Waals surface area contributed by atoms with Gasteiger partial charge in [0, 0.05) is 7.05 Å². The Bertz CT molecular complexity index is 1080. The third-order valence-electron chi connectivity index (χ3n) is 4.35. The fourth-order valence-electron chi connectivity index (χ4n) is 2.70. The van der Waals surface area contributed by atoms with Crippen LogP contribution in [0.5, 0.6) is 5.75 Å². The van der Waals surface area contributed by atoms with Crippen LogP contribution in [0, 0.1) is 13.8 Å². The topological polar surface area (TPSA) is 128 Å². The van der Waals surface area contributed by atoms with E-state index >= 15 is 0 Å². The quantitative estimate of drug-likeness (QED) is 0.591. The minimum atomic E-state index is -0.923. The van der Waals surface area contributed by atoms with Crippen LogP contribution in [0.2, 0.25) is 0 Å². The van der Waals surface area contributed by atoms with Gasteiger partial charge < -0.3 is 20.1 Å². The molecular formula is C17H21N5O4. The summed E-state index contributed by atoms with van der Waals surface area (Å²) in [6.07, 6.45) is -0.923. The number of aliphatic hydroxyl groups is 1. The fourth-order valence-corrected chi connectivity index (χ4v) is 2.70. The molecule has 3 aromatic rings. The smallest absolute Gasteiger partial charge is 0.329 e. The molecule has 138 valence electrons. The summed E-state index contributed by atoms with van der Waals surface area (Å²) in [5.41, 5.74) is 7.23. The Hall–Kier alpha value is -3.07. The molecule has 0 unspecified atom stereocenters. The number of aromatic amines is 1. The van der Waals surface area contributed by atoms with Gasteiger partial charge in [-0.3, -0.25) is 14.3 Å². The molecule has 26 heavy (non-hydrogen) atoms. The van der Waals surface area contributed by atoms with Crippen molar-refractivity contribution in [1.82, 2.24) is 19.1 Å². The Kier molecular flexibility index (Phi) is 4.56. The van der Waals surface area contributed by atoms with Crippen molar-refractivity contribution in [2.45, 2.75) is 26.5 Å². The lowest BCUT2D eigenvalue weighted by Gasteiger charge is -2.15. The van der Waals surface area contributed by atoms with Crippen molar-refractivity contribution in [1.29, 1.82) is 0 Å². The SMILES string of the molecule is Cc1ccc(OC[C@@H](O)Cn2c(N)nc3c2c(=O)[nH]c(=O)n3C)cc1C. The highest BCUT2D eigenvalue weighted by molar-refractivity contribution is 5.73. The number of nitrogen functional groups attached to an aromatic ring is 1. The third kappa shape index (κ3) is 3.21. The van der Waals surface area contributed by atoms with Crippen LogP contribution in [0.3, 0.4) is 0 Å².